The van der Waals surface area contributed by atoms with Gasteiger partial charge in [0.1, 0.15) is 0 Å². The Kier molecular flexibility index (Phi) is 5.74. The molecule has 1 aromatic rings. The van der Waals surface area contributed by atoms with Crippen LogP contribution in [0, 0.1) is 10.1 Å². The molecular weight excluding hydrogens is 370 g/mol. The van der Waals surface area contributed by atoms with Crippen molar-refractivity contribution in [3.8, 4) is 0 Å². The Morgan fingerprint density at radius 2 is 1.94 bits per heavy atom. The number of carbonyl (C=O) groups is 1. The van der Waals surface area contributed by atoms with Crippen molar-refractivity contribution >= 4 is 37.8 Å². The molecule has 0 fully saturated rings. The van der Waals surface area contributed by atoms with E-state index in [9.17, 15) is 14.9 Å². The lowest BCUT2D eigenvalue weighted by Crippen LogP contribution is -2.17. The topological polar surface area (TPSA) is 69.4 Å². The zero-order chi connectivity index (χ0) is 13.7. The van der Waals surface area contributed by atoms with Gasteiger partial charge >= 0.3 is 5.97 Å². The highest BCUT2D eigenvalue weighted by molar-refractivity contribution is 9.11. The number of methoxy groups -OCH3 is 1. The second-order valence-electron chi connectivity index (χ2n) is 3.70. The quantitative estimate of drug-likeness (QED) is 0.447. The fourth-order valence-electron chi connectivity index (χ4n) is 1.56. The monoisotopic (exact) mass is 379 g/mol. The number of nitro groups is 1. The minimum absolute atomic E-state index is 0.0135. The predicted octanol–water partition coefficient (Wildman–Crippen LogP) is 3.14. The van der Waals surface area contributed by atoms with Gasteiger partial charge in [-0.05, 0) is 23.8 Å². The van der Waals surface area contributed by atoms with Gasteiger partial charge in [0, 0.05) is 13.9 Å². The minimum Gasteiger partial charge on any atom is -0.469 e. The smallest absolute Gasteiger partial charge is 0.306 e. The van der Waals surface area contributed by atoms with Crippen molar-refractivity contribution in [2.45, 2.75) is 12.3 Å². The number of benzene rings is 1. The number of nitrogens with zero attached hydrogens (tertiary/aromatic N) is 1. The van der Waals surface area contributed by atoms with Crippen molar-refractivity contribution in [3.63, 3.8) is 0 Å². The Morgan fingerprint density at radius 1 is 1.39 bits per heavy atom. The van der Waals surface area contributed by atoms with Gasteiger partial charge in [-0.2, -0.15) is 0 Å². The first-order valence-corrected chi connectivity index (χ1v) is 6.65. The first kappa shape index (κ1) is 15.1. The van der Waals surface area contributed by atoms with Crippen molar-refractivity contribution in [2.24, 2.45) is 0 Å². The van der Waals surface area contributed by atoms with Crippen molar-refractivity contribution in [1.82, 2.24) is 0 Å². The second kappa shape index (κ2) is 6.84. The van der Waals surface area contributed by atoms with Gasteiger partial charge in [-0.15, -0.1) is 0 Å². The zero-order valence-electron chi connectivity index (χ0n) is 9.56. The van der Waals surface area contributed by atoms with Gasteiger partial charge in [0.15, 0.2) is 0 Å². The van der Waals surface area contributed by atoms with E-state index in [2.05, 4.69) is 36.6 Å². The summed E-state index contributed by atoms with van der Waals surface area (Å²) in [6, 6.07) is 5.36. The fraction of sp³-hybridized carbons (Fsp3) is 0.364. The normalized spacial score (nSPS) is 11.9. The molecule has 0 aliphatic rings. The zero-order valence-corrected chi connectivity index (χ0v) is 12.7. The summed E-state index contributed by atoms with van der Waals surface area (Å²) in [5.41, 5.74) is 0.721. The summed E-state index contributed by atoms with van der Waals surface area (Å²) in [6.45, 7) is -0.308. The largest absolute Gasteiger partial charge is 0.469 e. The molecule has 98 valence electrons. The third-order valence-electron chi connectivity index (χ3n) is 2.37. The molecular formula is C11H11Br2NO4. The number of rotatable bonds is 5. The number of carbonyl (C=O) groups excluding carboxylic acids is 1. The van der Waals surface area contributed by atoms with Crippen LogP contribution in [0.2, 0.25) is 0 Å². The summed E-state index contributed by atoms with van der Waals surface area (Å²) in [4.78, 5) is 21.5. The maximum atomic E-state index is 11.3. The molecule has 0 aliphatic carbocycles. The van der Waals surface area contributed by atoms with Crippen LogP contribution in [0.5, 0.6) is 0 Å². The fourth-order valence-corrected chi connectivity index (χ4v) is 2.89. The number of ether oxygens (including phenoxy) is 1. The van der Waals surface area contributed by atoms with Crippen molar-refractivity contribution < 1.29 is 14.5 Å². The van der Waals surface area contributed by atoms with Gasteiger partial charge in [-0.25, -0.2) is 0 Å². The molecule has 0 bridgehead atoms. The molecule has 0 aromatic heterocycles. The van der Waals surface area contributed by atoms with E-state index in [1.165, 1.54) is 7.11 Å². The Hall–Kier alpha value is -0.950. The highest BCUT2D eigenvalue weighted by atomic mass is 79.9. The van der Waals surface area contributed by atoms with E-state index in [-0.39, 0.29) is 13.0 Å². The SMILES string of the molecule is COC(=O)CC(C[N+](=O)[O-])c1cc(Br)cc(Br)c1. The molecule has 1 aromatic carbocycles. The molecule has 7 heteroatoms. The lowest BCUT2D eigenvalue weighted by atomic mass is 9.96. The maximum Gasteiger partial charge on any atom is 0.306 e. The number of hydrogen-bond donors (Lipinski definition) is 0. The second-order valence-corrected chi connectivity index (χ2v) is 5.53. The Bertz CT molecular complexity index is 444. The van der Waals surface area contributed by atoms with E-state index in [1.807, 2.05) is 6.07 Å². The highest BCUT2D eigenvalue weighted by Gasteiger charge is 2.22. The van der Waals surface area contributed by atoms with Crippen molar-refractivity contribution in [2.75, 3.05) is 13.7 Å². The van der Waals surface area contributed by atoms with Crippen LogP contribution in [0.3, 0.4) is 0 Å². The Morgan fingerprint density at radius 3 is 2.39 bits per heavy atom. The van der Waals surface area contributed by atoms with E-state index in [0.717, 1.165) is 14.5 Å². The van der Waals surface area contributed by atoms with E-state index in [1.54, 1.807) is 12.1 Å². The third kappa shape index (κ3) is 4.73. The van der Waals surface area contributed by atoms with Crippen LogP contribution in [0.25, 0.3) is 0 Å². The van der Waals surface area contributed by atoms with E-state index in [0.29, 0.717) is 0 Å². The average molecular weight is 381 g/mol. The maximum absolute atomic E-state index is 11.3. The lowest BCUT2D eigenvalue weighted by Gasteiger charge is -2.13. The van der Waals surface area contributed by atoms with Gasteiger partial charge in [0.25, 0.3) is 0 Å². The first-order valence-electron chi connectivity index (χ1n) is 5.07. The lowest BCUT2D eigenvalue weighted by molar-refractivity contribution is -0.483. The molecule has 18 heavy (non-hydrogen) atoms. The summed E-state index contributed by atoms with van der Waals surface area (Å²) in [5.74, 6) is -0.959. The van der Waals surface area contributed by atoms with Crippen molar-refractivity contribution in [1.29, 1.82) is 0 Å². The van der Waals surface area contributed by atoms with Gasteiger partial charge < -0.3 is 4.74 Å². The van der Waals surface area contributed by atoms with E-state index in [4.69, 9.17) is 0 Å². The van der Waals surface area contributed by atoms with Gasteiger partial charge in [0.05, 0.1) is 19.4 Å². The molecule has 0 spiro atoms. The molecule has 0 aliphatic heterocycles. The third-order valence-corrected chi connectivity index (χ3v) is 3.28. The van der Waals surface area contributed by atoms with Crippen molar-refractivity contribution in [3.05, 3.63) is 42.8 Å². The first-order chi connectivity index (χ1) is 8.42. The number of halogens is 2. The Balaban J connectivity index is 3.00. The summed E-state index contributed by atoms with van der Waals surface area (Å²) in [7, 11) is 1.27. The summed E-state index contributed by atoms with van der Waals surface area (Å²) in [6.07, 6.45) is -0.0135. The molecule has 1 atom stereocenters. The molecule has 0 saturated heterocycles. The minimum atomic E-state index is -0.499. The van der Waals surface area contributed by atoms with Crippen LogP contribution in [-0.4, -0.2) is 24.5 Å². The number of esters is 1. The van der Waals surface area contributed by atoms with Crippen LogP contribution >= 0.6 is 31.9 Å². The molecule has 0 N–H and O–H groups in total. The van der Waals surface area contributed by atoms with E-state index >= 15 is 0 Å². The van der Waals surface area contributed by atoms with Crippen LogP contribution < -0.4 is 0 Å². The molecule has 5 nitrogen and oxygen atoms in total. The molecule has 0 saturated carbocycles. The standard InChI is InChI=1S/C11H11Br2NO4/c1-18-11(15)4-8(6-14(16)17)7-2-9(12)5-10(13)3-7/h2-3,5,8H,4,6H2,1H3. The molecule has 1 rings (SSSR count). The highest BCUT2D eigenvalue weighted by Crippen LogP contribution is 2.27. The average Bonchev–Trinajstić information content (AvgIpc) is 2.26. The van der Waals surface area contributed by atoms with Crippen LogP contribution in [0.1, 0.15) is 17.9 Å². The predicted molar refractivity (Wildman–Crippen MR) is 73.1 cm³/mol. The van der Waals surface area contributed by atoms with Crippen LogP contribution in [0.15, 0.2) is 27.1 Å². The van der Waals surface area contributed by atoms with Gasteiger partial charge in [-0.3, -0.25) is 14.9 Å². The summed E-state index contributed by atoms with van der Waals surface area (Å²) >= 11 is 6.63. The summed E-state index contributed by atoms with van der Waals surface area (Å²) in [5, 5.41) is 10.7. The molecule has 0 heterocycles. The molecule has 0 amide bonds. The van der Waals surface area contributed by atoms with Crippen LogP contribution in [0.4, 0.5) is 0 Å². The number of hydrogen-bond acceptors (Lipinski definition) is 4. The van der Waals surface area contributed by atoms with E-state index < -0.39 is 16.8 Å². The molecule has 1 unspecified atom stereocenters. The molecule has 0 radical (unpaired) electrons. The van der Waals surface area contributed by atoms with Crippen LogP contribution in [-0.2, 0) is 9.53 Å². The van der Waals surface area contributed by atoms with Gasteiger partial charge in [0.2, 0.25) is 6.54 Å². The summed E-state index contributed by atoms with van der Waals surface area (Å²) < 4.78 is 6.15. The Labute approximate surface area is 121 Å². The van der Waals surface area contributed by atoms with Gasteiger partial charge in [-0.1, -0.05) is 31.9 Å².